The molecule has 0 aliphatic rings. The van der Waals surface area contributed by atoms with Gasteiger partial charge in [0.1, 0.15) is 0 Å². The van der Waals surface area contributed by atoms with Crippen molar-refractivity contribution in [1.29, 1.82) is 0 Å². The SMILES string of the molecule is Cc1ccc(NC(=O)C(C)Sc2nnc(NCC(C)C)s2)c(C)c1. The second kappa shape index (κ2) is 8.48. The first kappa shape index (κ1) is 18.7. The Labute approximate surface area is 151 Å². The van der Waals surface area contributed by atoms with Gasteiger partial charge in [0, 0.05) is 12.2 Å². The number of thioether (sulfide) groups is 1. The van der Waals surface area contributed by atoms with E-state index in [1.807, 2.05) is 32.9 Å². The molecule has 0 spiro atoms. The first-order chi connectivity index (χ1) is 11.3. The van der Waals surface area contributed by atoms with Crippen LogP contribution in [-0.4, -0.2) is 27.9 Å². The summed E-state index contributed by atoms with van der Waals surface area (Å²) in [5, 5.41) is 15.1. The molecule has 0 fully saturated rings. The van der Waals surface area contributed by atoms with Gasteiger partial charge >= 0.3 is 0 Å². The van der Waals surface area contributed by atoms with E-state index in [1.54, 1.807) is 0 Å². The van der Waals surface area contributed by atoms with Crippen LogP contribution >= 0.6 is 23.1 Å². The Balaban J connectivity index is 1.91. The summed E-state index contributed by atoms with van der Waals surface area (Å²) in [5.41, 5.74) is 3.11. The maximum atomic E-state index is 12.4. The Hall–Kier alpha value is -1.60. The summed E-state index contributed by atoms with van der Waals surface area (Å²) in [6.07, 6.45) is 0. The van der Waals surface area contributed by atoms with Crippen LogP contribution in [0.15, 0.2) is 22.5 Å². The minimum atomic E-state index is -0.239. The van der Waals surface area contributed by atoms with E-state index in [2.05, 4.69) is 40.7 Å². The second-order valence-corrected chi connectivity index (χ2v) is 8.78. The van der Waals surface area contributed by atoms with Crippen LogP contribution in [0.4, 0.5) is 10.8 Å². The summed E-state index contributed by atoms with van der Waals surface area (Å²) in [6, 6.07) is 6.00. The number of anilines is 2. The van der Waals surface area contributed by atoms with E-state index in [9.17, 15) is 4.79 Å². The molecule has 0 bridgehead atoms. The molecule has 0 saturated heterocycles. The molecular weight excluding hydrogens is 340 g/mol. The molecule has 2 rings (SSSR count). The van der Waals surface area contributed by atoms with Crippen molar-refractivity contribution in [2.75, 3.05) is 17.2 Å². The average Bonchev–Trinajstić information content (AvgIpc) is 2.95. The van der Waals surface area contributed by atoms with Gasteiger partial charge in [-0.05, 0) is 38.3 Å². The maximum Gasteiger partial charge on any atom is 0.237 e. The number of hydrogen-bond donors (Lipinski definition) is 2. The summed E-state index contributed by atoms with van der Waals surface area (Å²) in [6.45, 7) is 11.1. The standard InChI is InChI=1S/C17H24N4OS2/c1-10(2)9-18-16-20-21-17(24-16)23-13(5)15(22)19-14-7-6-11(3)8-12(14)4/h6-8,10,13H,9H2,1-5H3,(H,18,20)(H,19,22). The van der Waals surface area contributed by atoms with Crippen molar-refractivity contribution >= 4 is 39.8 Å². The average molecular weight is 365 g/mol. The number of nitrogens with one attached hydrogen (secondary N) is 2. The monoisotopic (exact) mass is 364 g/mol. The van der Waals surface area contributed by atoms with Gasteiger partial charge in [-0.2, -0.15) is 0 Å². The quantitative estimate of drug-likeness (QED) is 0.715. The number of aryl methyl sites for hydroxylation is 2. The van der Waals surface area contributed by atoms with E-state index in [1.165, 1.54) is 28.7 Å². The number of hydrogen-bond acceptors (Lipinski definition) is 6. The van der Waals surface area contributed by atoms with Gasteiger partial charge in [-0.3, -0.25) is 4.79 Å². The Morgan fingerprint density at radius 1 is 1.25 bits per heavy atom. The van der Waals surface area contributed by atoms with Crippen LogP contribution in [0.1, 0.15) is 31.9 Å². The summed E-state index contributed by atoms with van der Waals surface area (Å²) < 4.78 is 0.796. The molecule has 5 nitrogen and oxygen atoms in total. The normalized spacial score (nSPS) is 12.2. The van der Waals surface area contributed by atoms with Crippen LogP contribution in [-0.2, 0) is 4.79 Å². The third-order valence-electron chi connectivity index (χ3n) is 3.35. The zero-order valence-electron chi connectivity index (χ0n) is 14.7. The van der Waals surface area contributed by atoms with Crippen molar-refractivity contribution in [2.24, 2.45) is 5.92 Å². The smallest absolute Gasteiger partial charge is 0.237 e. The van der Waals surface area contributed by atoms with Crippen LogP contribution in [0.25, 0.3) is 0 Å². The molecule has 0 aliphatic carbocycles. The molecule has 1 amide bonds. The fraction of sp³-hybridized carbons (Fsp3) is 0.471. The maximum absolute atomic E-state index is 12.4. The number of carbonyl (C=O) groups excluding carboxylic acids is 1. The van der Waals surface area contributed by atoms with Crippen molar-refractivity contribution in [3.8, 4) is 0 Å². The highest BCUT2D eigenvalue weighted by Crippen LogP contribution is 2.29. The van der Waals surface area contributed by atoms with Gasteiger partial charge < -0.3 is 10.6 Å². The van der Waals surface area contributed by atoms with Crippen molar-refractivity contribution in [3.63, 3.8) is 0 Å². The molecule has 1 aromatic heterocycles. The van der Waals surface area contributed by atoms with Gasteiger partial charge in [-0.15, -0.1) is 10.2 Å². The van der Waals surface area contributed by atoms with E-state index in [4.69, 9.17) is 0 Å². The van der Waals surface area contributed by atoms with Gasteiger partial charge in [0.05, 0.1) is 5.25 Å². The topological polar surface area (TPSA) is 66.9 Å². The number of nitrogens with zero attached hydrogens (tertiary/aromatic N) is 2. The lowest BCUT2D eigenvalue weighted by Crippen LogP contribution is -2.22. The molecule has 0 aliphatic heterocycles. The Kier molecular flexibility index (Phi) is 6.62. The Morgan fingerprint density at radius 2 is 2.00 bits per heavy atom. The van der Waals surface area contributed by atoms with Gasteiger partial charge in [-0.1, -0.05) is 54.6 Å². The van der Waals surface area contributed by atoms with E-state index in [-0.39, 0.29) is 11.2 Å². The van der Waals surface area contributed by atoms with Gasteiger partial charge in [0.25, 0.3) is 0 Å². The van der Waals surface area contributed by atoms with E-state index in [0.717, 1.165) is 27.3 Å². The predicted octanol–water partition coefficient (Wildman–Crippen LogP) is 4.34. The highest BCUT2D eigenvalue weighted by Gasteiger charge is 2.18. The largest absolute Gasteiger partial charge is 0.360 e. The van der Waals surface area contributed by atoms with Crippen LogP contribution in [0.3, 0.4) is 0 Å². The van der Waals surface area contributed by atoms with Gasteiger partial charge in [-0.25, -0.2) is 0 Å². The van der Waals surface area contributed by atoms with E-state index < -0.39 is 0 Å². The Morgan fingerprint density at radius 3 is 2.67 bits per heavy atom. The number of amides is 1. The van der Waals surface area contributed by atoms with Crippen LogP contribution in [0.2, 0.25) is 0 Å². The lowest BCUT2D eigenvalue weighted by atomic mass is 10.1. The van der Waals surface area contributed by atoms with Crippen molar-refractivity contribution in [3.05, 3.63) is 29.3 Å². The first-order valence-electron chi connectivity index (χ1n) is 7.97. The molecule has 2 aromatic rings. The number of aromatic nitrogens is 2. The molecular formula is C17H24N4OS2. The fourth-order valence-corrected chi connectivity index (χ4v) is 3.92. The summed E-state index contributed by atoms with van der Waals surface area (Å²) in [7, 11) is 0. The van der Waals surface area contributed by atoms with Gasteiger partial charge in [0.15, 0.2) is 4.34 Å². The fourth-order valence-electron chi connectivity index (χ4n) is 2.01. The van der Waals surface area contributed by atoms with Crippen molar-refractivity contribution < 1.29 is 4.79 Å². The lowest BCUT2D eigenvalue weighted by Gasteiger charge is -2.12. The minimum absolute atomic E-state index is 0.0288. The van der Waals surface area contributed by atoms with Crippen molar-refractivity contribution in [2.45, 2.75) is 44.2 Å². The highest BCUT2D eigenvalue weighted by molar-refractivity contribution is 8.02. The zero-order chi connectivity index (χ0) is 17.7. The molecule has 24 heavy (non-hydrogen) atoms. The lowest BCUT2D eigenvalue weighted by molar-refractivity contribution is -0.115. The highest BCUT2D eigenvalue weighted by atomic mass is 32.2. The molecule has 7 heteroatoms. The molecule has 2 N–H and O–H groups in total. The van der Waals surface area contributed by atoms with E-state index in [0.29, 0.717) is 5.92 Å². The molecule has 0 saturated carbocycles. The third kappa shape index (κ3) is 5.49. The Bertz CT molecular complexity index is 700. The van der Waals surface area contributed by atoms with Crippen LogP contribution in [0.5, 0.6) is 0 Å². The van der Waals surface area contributed by atoms with Gasteiger partial charge in [0.2, 0.25) is 11.0 Å². The molecule has 0 radical (unpaired) electrons. The molecule has 1 heterocycles. The van der Waals surface area contributed by atoms with Crippen LogP contribution < -0.4 is 10.6 Å². The molecule has 1 aromatic carbocycles. The van der Waals surface area contributed by atoms with Crippen LogP contribution in [0, 0.1) is 19.8 Å². The van der Waals surface area contributed by atoms with Crippen molar-refractivity contribution in [1.82, 2.24) is 10.2 Å². The molecule has 130 valence electrons. The summed E-state index contributed by atoms with van der Waals surface area (Å²) in [5.74, 6) is 0.520. The number of benzene rings is 1. The summed E-state index contributed by atoms with van der Waals surface area (Å²) >= 11 is 2.91. The first-order valence-corrected chi connectivity index (χ1v) is 9.67. The summed E-state index contributed by atoms with van der Waals surface area (Å²) in [4.78, 5) is 12.4. The molecule has 1 unspecified atom stereocenters. The minimum Gasteiger partial charge on any atom is -0.360 e. The number of rotatable bonds is 7. The number of carbonyl (C=O) groups is 1. The predicted molar refractivity (Wildman–Crippen MR) is 103 cm³/mol. The molecule has 1 atom stereocenters. The second-order valence-electron chi connectivity index (χ2n) is 6.22. The zero-order valence-corrected chi connectivity index (χ0v) is 16.3. The third-order valence-corrected chi connectivity index (χ3v) is 5.42. The van der Waals surface area contributed by atoms with E-state index >= 15 is 0 Å².